The maximum atomic E-state index is 9.44. The molecule has 0 aliphatic heterocycles. The second-order valence-electron chi connectivity index (χ2n) is 0.908. The molecule has 0 fully saturated rings. The Bertz CT molecular complexity index is 34.3. The molecular weight excluding hydrogens is 180 g/mol. The minimum Gasteiger partial charge on any atom is -0.300 e. The summed E-state index contributed by atoms with van der Waals surface area (Å²) in [4.78, 5) is 9.44. The van der Waals surface area contributed by atoms with E-state index in [0.29, 0.717) is 0 Å². The first kappa shape index (κ1) is 35.7. The van der Waals surface area contributed by atoms with E-state index in [1.54, 1.807) is 0 Å². The molecule has 0 rings (SSSR count). The molecule has 0 bridgehead atoms. The van der Waals surface area contributed by atoms with Gasteiger partial charge in [-0.3, -0.25) is 0 Å². The van der Waals surface area contributed by atoms with Crippen molar-refractivity contribution in [2.75, 3.05) is 0 Å². The van der Waals surface area contributed by atoms with E-state index in [2.05, 4.69) is 0 Å². The van der Waals surface area contributed by atoms with Gasteiger partial charge in [-0.1, -0.05) is 0 Å². The summed E-state index contributed by atoms with van der Waals surface area (Å²) in [6.45, 7) is 3.06. The van der Waals surface area contributed by atoms with E-state index >= 15 is 0 Å². The van der Waals surface area contributed by atoms with Crippen molar-refractivity contribution < 1.29 is 4.79 Å². The van der Waals surface area contributed by atoms with Crippen molar-refractivity contribution in [3.05, 3.63) is 0 Å². The maximum Gasteiger partial charge on any atom is 0.126 e. The molecule has 8 heavy (non-hydrogen) atoms. The first-order valence-electron chi connectivity index (χ1n) is 1.20. The summed E-state index contributed by atoms with van der Waals surface area (Å²) in [6.07, 6.45) is 0. The zero-order valence-corrected chi connectivity index (χ0v) is 8.91. The largest absolute Gasteiger partial charge is 0.300 e. The molecule has 0 aromatic rings. The molecule has 56 valence electrons. The summed E-state index contributed by atoms with van der Waals surface area (Å²) in [5.41, 5.74) is 0. The lowest BCUT2D eigenvalue weighted by Gasteiger charge is -1.56. The van der Waals surface area contributed by atoms with Crippen LogP contribution < -0.4 is 0 Å². The monoisotopic (exact) mass is 194 g/mol. The first-order valence-corrected chi connectivity index (χ1v) is 1.20. The molecule has 0 aromatic carbocycles. The summed E-state index contributed by atoms with van der Waals surface area (Å²) in [7, 11) is 0. The Kier molecular flexibility index (Phi) is 109. The zero-order valence-electron chi connectivity index (χ0n) is 4.91. The molecule has 0 atom stereocenters. The van der Waals surface area contributed by atoms with Crippen LogP contribution in [0, 0.1) is 0 Å². The third-order valence-corrected chi connectivity index (χ3v) is 0. The van der Waals surface area contributed by atoms with Crippen LogP contribution in [0.5, 0.6) is 0 Å². The number of hydrogen-bond donors (Lipinski definition) is 0. The molecule has 0 unspecified atom stereocenters. The van der Waals surface area contributed by atoms with Gasteiger partial charge < -0.3 is 4.79 Å². The summed E-state index contributed by atoms with van der Waals surface area (Å²) in [6, 6.07) is 0. The summed E-state index contributed by atoms with van der Waals surface area (Å²) in [5.74, 6) is 0.167. The second-order valence-corrected chi connectivity index (χ2v) is 0.908. The summed E-state index contributed by atoms with van der Waals surface area (Å²) in [5, 5.41) is 0. The Hall–Kier alpha value is 1.07. The zero-order chi connectivity index (χ0) is 3.58. The van der Waals surface area contributed by atoms with Crippen molar-refractivity contribution in [3.63, 3.8) is 0 Å². The van der Waals surface area contributed by atoms with Crippen molar-refractivity contribution in [3.8, 4) is 0 Å². The molecule has 0 radical (unpaired) electrons. The molecule has 0 saturated heterocycles. The Morgan fingerprint density at radius 1 is 0.875 bits per heavy atom. The maximum absolute atomic E-state index is 9.44. The first-order chi connectivity index (χ1) is 1.73. The highest BCUT2D eigenvalue weighted by Gasteiger charge is 1.62. The van der Waals surface area contributed by atoms with Crippen LogP contribution in [-0.4, -0.2) is 5.78 Å². The molecule has 0 N–H and O–H groups in total. The van der Waals surface area contributed by atoms with Crippen LogP contribution >= 0.6 is 54.0 Å². The molecule has 0 aliphatic rings. The molecule has 5 heteroatoms. The van der Waals surface area contributed by atoms with Gasteiger partial charge in [-0.15, -0.1) is 0 Å². The van der Waals surface area contributed by atoms with E-state index in [-0.39, 0.29) is 59.8 Å². The van der Waals surface area contributed by atoms with Crippen LogP contribution in [-0.2, 0) is 4.79 Å². The molecule has 0 amide bonds. The molecule has 0 heterocycles. The topological polar surface area (TPSA) is 17.1 Å². The van der Waals surface area contributed by atoms with Crippen LogP contribution in [0.4, 0.5) is 0 Å². The highest BCUT2D eigenvalue weighted by molar-refractivity contribution is 7.59. The quantitative estimate of drug-likeness (QED) is 0.563. The van der Waals surface area contributed by atoms with Gasteiger partial charge in [0.05, 0.1) is 0 Å². The number of rotatable bonds is 0. The van der Waals surface area contributed by atoms with Gasteiger partial charge in [0.25, 0.3) is 0 Å². The van der Waals surface area contributed by atoms with Gasteiger partial charge in [-0.25, -0.2) is 0 Å². The third-order valence-electron chi connectivity index (χ3n) is 0. The van der Waals surface area contributed by atoms with Crippen LogP contribution in [0.3, 0.4) is 0 Å². The predicted molar refractivity (Wildman–Crippen MR) is 57.9 cm³/mol. The number of ketones is 1. The van der Waals surface area contributed by atoms with Crippen LogP contribution in [0.2, 0.25) is 0 Å². The molecular formula is C3H14OS4. The minimum atomic E-state index is 0. The van der Waals surface area contributed by atoms with Gasteiger partial charge in [-0.05, 0) is 13.8 Å². The molecule has 1 nitrogen and oxygen atoms in total. The SMILES string of the molecule is CC(C)=O.S.S.S.S. The lowest BCUT2D eigenvalue weighted by atomic mass is 10.6. The van der Waals surface area contributed by atoms with E-state index in [1.807, 2.05) is 0 Å². The van der Waals surface area contributed by atoms with Crippen LogP contribution in [0.1, 0.15) is 13.8 Å². The minimum absolute atomic E-state index is 0. The second kappa shape index (κ2) is 24.4. The van der Waals surface area contributed by atoms with Crippen molar-refractivity contribution in [1.82, 2.24) is 0 Å². The van der Waals surface area contributed by atoms with Gasteiger partial charge >= 0.3 is 0 Å². The van der Waals surface area contributed by atoms with E-state index in [1.165, 1.54) is 13.8 Å². The third kappa shape index (κ3) is 228. The Morgan fingerprint density at radius 2 is 0.875 bits per heavy atom. The van der Waals surface area contributed by atoms with Gasteiger partial charge in [0.1, 0.15) is 5.78 Å². The number of carbonyl (C=O) groups is 1. The smallest absolute Gasteiger partial charge is 0.126 e. The van der Waals surface area contributed by atoms with Crippen LogP contribution in [0.25, 0.3) is 0 Å². The highest BCUT2D eigenvalue weighted by atomic mass is 32.1. The van der Waals surface area contributed by atoms with Crippen molar-refractivity contribution in [1.29, 1.82) is 0 Å². The lowest BCUT2D eigenvalue weighted by Crippen LogP contribution is -1.69. The molecule has 0 aliphatic carbocycles. The average molecular weight is 194 g/mol. The Labute approximate surface area is 78.4 Å². The Balaban J connectivity index is -0.00000000750. The number of Topliss-reactive ketones (excluding diaryl/α,β-unsaturated/α-hetero) is 1. The standard InChI is InChI=1S/C3H6O.4H2S/c1-3(2)4;;;;/h1-2H3;4*1H2. The fourth-order valence-electron chi connectivity index (χ4n) is 0. The summed E-state index contributed by atoms with van der Waals surface area (Å²) >= 11 is 0. The average Bonchev–Trinajstić information content (AvgIpc) is 0.811. The van der Waals surface area contributed by atoms with Crippen LogP contribution in [0.15, 0.2) is 0 Å². The molecule has 0 aromatic heterocycles. The molecule has 0 spiro atoms. The van der Waals surface area contributed by atoms with Gasteiger partial charge in [0.15, 0.2) is 0 Å². The highest BCUT2D eigenvalue weighted by Crippen LogP contribution is 1.50. The van der Waals surface area contributed by atoms with E-state index in [0.717, 1.165) is 0 Å². The normalized spacial score (nSPS) is 3.25. The van der Waals surface area contributed by atoms with Gasteiger partial charge in [0, 0.05) is 0 Å². The van der Waals surface area contributed by atoms with E-state index in [9.17, 15) is 4.79 Å². The number of hydrogen-bond acceptors (Lipinski definition) is 1. The molecule has 0 saturated carbocycles. The van der Waals surface area contributed by atoms with E-state index < -0.39 is 0 Å². The van der Waals surface area contributed by atoms with Gasteiger partial charge in [0.2, 0.25) is 0 Å². The van der Waals surface area contributed by atoms with E-state index in [4.69, 9.17) is 0 Å². The van der Waals surface area contributed by atoms with Crippen molar-refractivity contribution in [2.24, 2.45) is 0 Å². The predicted octanol–water partition coefficient (Wildman–Crippen LogP) is 1.05. The van der Waals surface area contributed by atoms with Crippen molar-refractivity contribution >= 4 is 59.8 Å². The fraction of sp³-hybridized carbons (Fsp3) is 0.667. The fourth-order valence-corrected chi connectivity index (χ4v) is 0. The van der Waals surface area contributed by atoms with Crippen molar-refractivity contribution in [2.45, 2.75) is 13.8 Å². The summed E-state index contributed by atoms with van der Waals surface area (Å²) < 4.78 is 0. The number of carbonyl (C=O) groups excluding carboxylic acids is 1. The van der Waals surface area contributed by atoms with Gasteiger partial charge in [-0.2, -0.15) is 54.0 Å². The lowest BCUT2D eigenvalue weighted by molar-refractivity contribution is -0.114. The Morgan fingerprint density at radius 3 is 0.875 bits per heavy atom.